The summed E-state index contributed by atoms with van der Waals surface area (Å²) in [5.74, 6) is 0.553. The van der Waals surface area contributed by atoms with Crippen LogP contribution in [-0.4, -0.2) is 24.0 Å². The van der Waals surface area contributed by atoms with Gasteiger partial charge in [-0.25, -0.2) is 4.98 Å². The van der Waals surface area contributed by atoms with E-state index in [-0.39, 0.29) is 5.91 Å². The molecule has 2 heterocycles. The van der Waals surface area contributed by atoms with Crippen molar-refractivity contribution in [2.75, 3.05) is 18.4 Å². The number of halogens is 1. The molecule has 0 bridgehead atoms. The summed E-state index contributed by atoms with van der Waals surface area (Å²) in [6, 6.07) is 0. The van der Waals surface area contributed by atoms with Crippen molar-refractivity contribution in [3.05, 3.63) is 9.98 Å². The number of nitrogens with one attached hydrogen (secondary N) is 2. The van der Waals surface area contributed by atoms with E-state index < -0.39 is 0 Å². The molecular weight excluding hydrogens is 266 g/mol. The van der Waals surface area contributed by atoms with Crippen LogP contribution in [0.5, 0.6) is 0 Å². The van der Waals surface area contributed by atoms with Crippen molar-refractivity contribution in [3.63, 3.8) is 0 Å². The number of carbonyl (C=O) groups excluding carboxylic acids is 1. The Morgan fingerprint density at radius 3 is 3.07 bits per heavy atom. The molecule has 0 radical (unpaired) electrons. The number of anilines is 1. The van der Waals surface area contributed by atoms with E-state index in [1.54, 1.807) is 6.20 Å². The molecule has 0 atom stereocenters. The van der Waals surface area contributed by atoms with E-state index in [4.69, 9.17) is 0 Å². The summed E-state index contributed by atoms with van der Waals surface area (Å²) in [5.41, 5.74) is 0. The van der Waals surface area contributed by atoms with Gasteiger partial charge < -0.3 is 10.6 Å². The average Bonchev–Trinajstić information content (AvgIpc) is 2.44. The van der Waals surface area contributed by atoms with Gasteiger partial charge in [-0.15, -0.1) is 0 Å². The summed E-state index contributed by atoms with van der Waals surface area (Å²) in [5, 5.41) is 6.57. The second kappa shape index (κ2) is 4.37. The van der Waals surface area contributed by atoms with Crippen molar-refractivity contribution in [2.45, 2.75) is 6.42 Å². The Balaban J connectivity index is 1.81. The minimum Gasteiger partial charge on any atom is -0.316 e. The van der Waals surface area contributed by atoms with Crippen LogP contribution >= 0.6 is 27.3 Å². The Morgan fingerprint density at radius 2 is 2.57 bits per heavy atom. The van der Waals surface area contributed by atoms with Crippen LogP contribution in [0.4, 0.5) is 5.13 Å². The summed E-state index contributed by atoms with van der Waals surface area (Å²) < 4.78 is 0.929. The Labute approximate surface area is 94.2 Å². The third-order valence-electron chi connectivity index (χ3n) is 2.06. The van der Waals surface area contributed by atoms with Crippen LogP contribution in [0.3, 0.4) is 0 Å². The van der Waals surface area contributed by atoms with Gasteiger partial charge in [-0.1, -0.05) is 11.3 Å². The quantitative estimate of drug-likeness (QED) is 0.878. The van der Waals surface area contributed by atoms with Crippen molar-refractivity contribution in [3.8, 4) is 0 Å². The number of hydrogen-bond acceptors (Lipinski definition) is 4. The molecule has 0 aliphatic carbocycles. The Hall–Kier alpha value is -0.460. The molecule has 1 aliphatic rings. The number of carbonyl (C=O) groups is 1. The van der Waals surface area contributed by atoms with Crippen molar-refractivity contribution >= 4 is 38.3 Å². The van der Waals surface area contributed by atoms with Gasteiger partial charge in [0.25, 0.3) is 0 Å². The highest BCUT2D eigenvalue weighted by atomic mass is 79.9. The number of thiazole rings is 1. The molecule has 14 heavy (non-hydrogen) atoms. The molecule has 2 N–H and O–H groups in total. The van der Waals surface area contributed by atoms with Gasteiger partial charge in [-0.05, 0) is 34.9 Å². The predicted octanol–water partition coefficient (Wildman–Crippen LogP) is 1.45. The zero-order chi connectivity index (χ0) is 9.97. The summed E-state index contributed by atoms with van der Waals surface area (Å²) in [6.07, 6.45) is 2.27. The van der Waals surface area contributed by atoms with Gasteiger partial charge in [0.05, 0.1) is 9.98 Å². The van der Waals surface area contributed by atoms with E-state index in [0.717, 1.165) is 16.9 Å². The van der Waals surface area contributed by atoms with Crippen LogP contribution in [0.25, 0.3) is 0 Å². The summed E-state index contributed by atoms with van der Waals surface area (Å²) in [6.45, 7) is 1.91. The fourth-order valence-corrected chi connectivity index (χ4v) is 2.36. The van der Waals surface area contributed by atoms with Gasteiger partial charge in [0.1, 0.15) is 0 Å². The maximum Gasteiger partial charge on any atom is 0.226 e. The van der Waals surface area contributed by atoms with Crippen LogP contribution in [0, 0.1) is 5.92 Å². The standard InChI is InChI=1S/C8H10BrN3OS/c9-6-4-11-8(14-6)12-7(13)1-5-2-10-3-5/h4-5,10H,1-3H2,(H,11,12,13). The number of amides is 1. The van der Waals surface area contributed by atoms with Crippen LogP contribution in [0.2, 0.25) is 0 Å². The number of hydrogen-bond donors (Lipinski definition) is 2. The maximum absolute atomic E-state index is 11.4. The third-order valence-corrected chi connectivity index (χ3v) is 3.46. The molecule has 1 aromatic heterocycles. The maximum atomic E-state index is 11.4. The van der Waals surface area contributed by atoms with E-state index in [1.807, 2.05) is 0 Å². The van der Waals surface area contributed by atoms with E-state index in [9.17, 15) is 4.79 Å². The van der Waals surface area contributed by atoms with Gasteiger partial charge >= 0.3 is 0 Å². The molecule has 4 nitrogen and oxygen atoms in total. The first-order chi connectivity index (χ1) is 6.74. The minimum absolute atomic E-state index is 0.0540. The van der Waals surface area contributed by atoms with E-state index >= 15 is 0 Å². The van der Waals surface area contributed by atoms with Gasteiger partial charge in [-0.3, -0.25) is 4.79 Å². The highest BCUT2D eigenvalue weighted by Gasteiger charge is 2.20. The van der Waals surface area contributed by atoms with Crippen LogP contribution in [-0.2, 0) is 4.79 Å². The fraction of sp³-hybridized carbons (Fsp3) is 0.500. The first-order valence-corrected chi connectivity index (χ1v) is 5.97. The molecule has 6 heteroatoms. The average molecular weight is 276 g/mol. The number of rotatable bonds is 3. The lowest BCUT2D eigenvalue weighted by atomic mass is 9.99. The molecule has 1 saturated heterocycles. The molecule has 0 spiro atoms. The van der Waals surface area contributed by atoms with Gasteiger partial charge in [0.2, 0.25) is 5.91 Å². The molecule has 1 aliphatic heterocycles. The second-order valence-corrected chi connectivity index (χ2v) is 5.66. The monoisotopic (exact) mass is 275 g/mol. The van der Waals surface area contributed by atoms with Gasteiger partial charge in [0, 0.05) is 6.42 Å². The summed E-state index contributed by atoms with van der Waals surface area (Å²) in [7, 11) is 0. The van der Waals surface area contributed by atoms with Crippen LogP contribution in [0.1, 0.15) is 6.42 Å². The van der Waals surface area contributed by atoms with Crippen molar-refractivity contribution in [2.24, 2.45) is 5.92 Å². The molecule has 1 aromatic rings. The third kappa shape index (κ3) is 2.52. The normalized spacial score (nSPS) is 16.4. The first kappa shape index (κ1) is 10.1. The summed E-state index contributed by atoms with van der Waals surface area (Å²) >= 11 is 4.72. The van der Waals surface area contributed by atoms with Gasteiger partial charge in [0.15, 0.2) is 5.13 Å². The fourth-order valence-electron chi connectivity index (χ4n) is 1.24. The molecule has 0 saturated carbocycles. The van der Waals surface area contributed by atoms with E-state index in [1.165, 1.54) is 11.3 Å². The van der Waals surface area contributed by atoms with E-state index in [2.05, 4.69) is 31.5 Å². The molecule has 76 valence electrons. The molecular formula is C8H10BrN3OS. The Kier molecular flexibility index (Phi) is 3.15. The van der Waals surface area contributed by atoms with Crippen molar-refractivity contribution in [1.29, 1.82) is 0 Å². The largest absolute Gasteiger partial charge is 0.316 e. The zero-order valence-corrected chi connectivity index (χ0v) is 9.82. The van der Waals surface area contributed by atoms with E-state index in [0.29, 0.717) is 17.5 Å². The zero-order valence-electron chi connectivity index (χ0n) is 7.42. The van der Waals surface area contributed by atoms with Crippen molar-refractivity contribution in [1.82, 2.24) is 10.3 Å². The minimum atomic E-state index is 0.0540. The Bertz CT molecular complexity index is 337. The second-order valence-electron chi connectivity index (χ2n) is 3.25. The highest BCUT2D eigenvalue weighted by Crippen LogP contribution is 2.23. The molecule has 2 rings (SSSR count). The Morgan fingerprint density at radius 1 is 1.79 bits per heavy atom. The van der Waals surface area contributed by atoms with Crippen LogP contribution in [0.15, 0.2) is 9.98 Å². The smallest absolute Gasteiger partial charge is 0.226 e. The van der Waals surface area contributed by atoms with Crippen molar-refractivity contribution < 1.29 is 4.79 Å². The highest BCUT2D eigenvalue weighted by molar-refractivity contribution is 9.11. The molecule has 0 unspecified atom stereocenters. The number of nitrogens with zero attached hydrogens (tertiary/aromatic N) is 1. The molecule has 1 fully saturated rings. The molecule has 0 aromatic carbocycles. The number of aromatic nitrogens is 1. The SMILES string of the molecule is O=C(CC1CNC1)Nc1ncc(Br)s1. The topological polar surface area (TPSA) is 54.0 Å². The lowest BCUT2D eigenvalue weighted by Gasteiger charge is -2.25. The van der Waals surface area contributed by atoms with Gasteiger partial charge in [-0.2, -0.15) is 0 Å². The predicted molar refractivity (Wildman–Crippen MR) is 59.4 cm³/mol. The lowest BCUT2D eigenvalue weighted by molar-refractivity contribution is -0.117. The summed E-state index contributed by atoms with van der Waals surface area (Å²) in [4.78, 5) is 15.5. The van der Waals surface area contributed by atoms with Crippen LogP contribution < -0.4 is 10.6 Å². The lowest BCUT2D eigenvalue weighted by Crippen LogP contribution is -2.43. The molecule has 1 amide bonds. The first-order valence-electron chi connectivity index (χ1n) is 4.36.